The molecule has 0 aromatic rings. The van der Waals surface area contributed by atoms with Gasteiger partial charge < -0.3 is 4.74 Å². The number of ether oxygens (including phenoxy) is 1. The molecular weight excluding hydrogens is 172 g/mol. The number of fused-ring (bicyclic) bond motifs is 1. The smallest absolute Gasteiger partial charge is 0.0490 e. The van der Waals surface area contributed by atoms with Crippen LogP contribution < -0.4 is 0 Å². The zero-order chi connectivity index (χ0) is 9.97. The average Bonchev–Trinajstić information content (AvgIpc) is 2.19. The molecule has 1 nitrogen and oxygen atoms in total. The summed E-state index contributed by atoms with van der Waals surface area (Å²) in [4.78, 5) is 0. The number of rotatable bonds is 2. The van der Waals surface area contributed by atoms with Crippen molar-refractivity contribution in [3.8, 4) is 0 Å². The Hall–Kier alpha value is -0.0400. The maximum atomic E-state index is 5.28. The van der Waals surface area contributed by atoms with Gasteiger partial charge in [0.05, 0.1) is 0 Å². The summed E-state index contributed by atoms with van der Waals surface area (Å²) in [5, 5.41) is 0. The van der Waals surface area contributed by atoms with Crippen LogP contribution in [-0.4, -0.2) is 13.7 Å². The van der Waals surface area contributed by atoms with Gasteiger partial charge in [-0.05, 0) is 55.8 Å². The predicted octanol–water partition coefficient (Wildman–Crippen LogP) is 3.49. The van der Waals surface area contributed by atoms with Gasteiger partial charge in [0.25, 0.3) is 0 Å². The molecule has 3 unspecified atom stereocenters. The van der Waals surface area contributed by atoms with Crippen LogP contribution in [0.4, 0.5) is 0 Å². The molecule has 1 heteroatoms. The Kier molecular flexibility index (Phi) is 3.48. The summed E-state index contributed by atoms with van der Waals surface area (Å²) in [6, 6.07) is 0. The van der Waals surface area contributed by atoms with Gasteiger partial charge in [-0.1, -0.05) is 13.3 Å². The molecule has 0 bridgehead atoms. The summed E-state index contributed by atoms with van der Waals surface area (Å²) in [6.45, 7) is 3.43. The van der Waals surface area contributed by atoms with Gasteiger partial charge in [-0.25, -0.2) is 0 Å². The topological polar surface area (TPSA) is 9.23 Å². The summed E-state index contributed by atoms with van der Waals surface area (Å²) in [7, 11) is 1.84. The van der Waals surface area contributed by atoms with Crippen LogP contribution in [0.15, 0.2) is 0 Å². The molecule has 0 aromatic heterocycles. The van der Waals surface area contributed by atoms with E-state index in [1.54, 1.807) is 0 Å². The molecule has 2 fully saturated rings. The van der Waals surface area contributed by atoms with E-state index in [-0.39, 0.29) is 0 Å². The van der Waals surface area contributed by atoms with Gasteiger partial charge in [-0.15, -0.1) is 0 Å². The van der Waals surface area contributed by atoms with E-state index in [0.717, 1.165) is 30.3 Å². The largest absolute Gasteiger partial charge is 0.384 e. The first kappa shape index (κ1) is 10.5. The molecule has 0 spiro atoms. The highest BCUT2D eigenvalue weighted by Gasteiger charge is 2.34. The monoisotopic (exact) mass is 196 g/mol. The Balaban J connectivity index is 1.85. The molecule has 0 N–H and O–H groups in total. The summed E-state index contributed by atoms with van der Waals surface area (Å²) in [5.74, 6) is 3.97. The normalized spacial score (nSPS) is 43.3. The van der Waals surface area contributed by atoms with Crippen molar-refractivity contribution < 1.29 is 4.74 Å². The molecule has 2 rings (SSSR count). The lowest BCUT2D eigenvalue weighted by Gasteiger charge is -2.41. The molecule has 0 aliphatic heterocycles. The molecule has 0 amide bonds. The van der Waals surface area contributed by atoms with Gasteiger partial charge in [0.2, 0.25) is 0 Å². The number of methoxy groups -OCH3 is 1. The molecule has 0 saturated heterocycles. The first-order valence-corrected chi connectivity index (χ1v) is 6.28. The van der Waals surface area contributed by atoms with Crippen LogP contribution >= 0.6 is 0 Å². The standard InChI is InChI=1S/C13H24O/c1-10-3-5-13-8-11(9-14-2)4-6-12(13)7-10/h10-13H,3-9H2,1-2H3/t10-,11?,12?,13?/m1/s1. The van der Waals surface area contributed by atoms with Gasteiger partial charge in [0, 0.05) is 13.7 Å². The molecule has 0 aromatic carbocycles. The molecule has 14 heavy (non-hydrogen) atoms. The van der Waals surface area contributed by atoms with E-state index in [1.807, 2.05) is 7.11 Å². The summed E-state index contributed by atoms with van der Waals surface area (Å²) in [5.41, 5.74) is 0. The van der Waals surface area contributed by atoms with Gasteiger partial charge >= 0.3 is 0 Å². The van der Waals surface area contributed by atoms with Gasteiger partial charge in [-0.2, -0.15) is 0 Å². The second kappa shape index (κ2) is 4.65. The van der Waals surface area contributed by atoms with E-state index in [0.29, 0.717) is 0 Å². The van der Waals surface area contributed by atoms with Crippen LogP contribution in [0.5, 0.6) is 0 Å². The minimum Gasteiger partial charge on any atom is -0.384 e. The maximum Gasteiger partial charge on any atom is 0.0490 e. The Bertz CT molecular complexity index is 178. The van der Waals surface area contributed by atoms with Crippen molar-refractivity contribution in [1.29, 1.82) is 0 Å². The fourth-order valence-corrected chi connectivity index (χ4v) is 3.61. The van der Waals surface area contributed by atoms with Crippen LogP contribution in [0.3, 0.4) is 0 Å². The third-order valence-electron chi connectivity index (χ3n) is 4.39. The van der Waals surface area contributed by atoms with Crippen molar-refractivity contribution in [1.82, 2.24) is 0 Å². The first-order chi connectivity index (χ1) is 6.79. The summed E-state index contributed by atoms with van der Waals surface area (Å²) >= 11 is 0. The van der Waals surface area contributed by atoms with Crippen molar-refractivity contribution >= 4 is 0 Å². The SMILES string of the molecule is COCC1CCC2C[C@H](C)CCC2C1. The lowest BCUT2D eigenvalue weighted by Crippen LogP contribution is -2.31. The minimum absolute atomic E-state index is 0.870. The molecule has 2 aliphatic rings. The molecule has 82 valence electrons. The van der Waals surface area contributed by atoms with Crippen LogP contribution in [0.1, 0.15) is 45.4 Å². The maximum absolute atomic E-state index is 5.28. The molecular formula is C13H24O. The quantitative estimate of drug-likeness (QED) is 0.657. The highest BCUT2D eigenvalue weighted by Crippen LogP contribution is 2.44. The number of hydrogen-bond acceptors (Lipinski definition) is 1. The third-order valence-corrected chi connectivity index (χ3v) is 4.39. The van der Waals surface area contributed by atoms with Crippen molar-refractivity contribution in [2.75, 3.05) is 13.7 Å². The van der Waals surface area contributed by atoms with Crippen molar-refractivity contribution in [3.63, 3.8) is 0 Å². The van der Waals surface area contributed by atoms with E-state index in [9.17, 15) is 0 Å². The molecule has 4 atom stereocenters. The van der Waals surface area contributed by atoms with E-state index >= 15 is 0 Å². The van der Waals surface area contributed by atoms with Gasteiger partial charge in [0.15, 0.2) is 0 Å². The Labute approximate surface area is 88.2 Å². The van der Waals surface area contributed by atoms with E-state index in [4.69, 9.17) is 4.74 Å². The molecule has 0 radical (unpaired) electrons. The lowest BCUT2D eigenvalue weighted by molar-refractivity contribution is 0.0592. The van der Waals surface area contributed by atoms with Crippen LogP contribution in [-0.2, 0) is 4.74 Å². The van der Waals surface area contributed by atoms with Gasteiger partial charge in [-0.3, -0.25) is 0 Å². The fourth-order valence-electron chi connectivity index (χ4n) is 3.61. The second-order valence-corrected chi connectivity index (χ2v) is 5.57. The van der Waals surface area contributed by atoms with Crippen LogP contribution in [0, 0.1) is 23.7 Å². The van der Waals surface area contributed by atoms with Crippen molar-refractivity contribution in [2.45, 2.75) is 45.4 Å². The van der Waals surface area contributed by atoms with Crippen LogP contribution in [0.2, 0.25) is 0 Å². The summed E-state index contributed by atoms with van der Waals surface area (Å²) < 4.78 is 5.28. The van der Waals surface area contributed by atoms with E-state index in [1.165, 1.54) is 38.5 Å². The Morgan fingerprint density at radius 3 is 2.50 bits per heavy atom. The zero-order valence-electron chi connectivity index (χ0n) is 9.67. The Morgan fingerprint density at radius 1 is 1.00 bits per heavy atom. The highest BCUT2D eigenvalue weighted by molar-refractivity contribution is 4.84. The lowest BCUT2D eigenvalue weighted by atomic mass is 9.65. The minimum atomic E-state index is 0.870. The molecule has 0 heterocycles. The first-order valence-electron chi connectivity index (χ1n) is 6.28. The van der Waals surface area contributed by atoms with Crippen LogP contribution in [0.25, 0.3) is 0 Å². The predicted molar refractivity (Wildman–Crippen MR) is 59.2 cm³/mol. The number of hydrogen-bond donors (Lipinski definition) is 0. The summed E-state index contributed by atoms with van der Waals surface area (Å²) in [6.07, 6.45) is 8.81. The fraction of sp³-hybridized carbons (Fsp3) is 1.00. The highest BCUT2D eigenvalue weighted by atomic mass is 16.5. The second-order valence-electron chi connectivity index (χ2n) is 5.57. The van der Waals surface area contributed by atoms with E-state index < -0.39 is 0 Å². The zero-order valence-corrected chi connectivity index (χ0v) is 9.67. The van der Waals surface area contributed by atoms with Crippen molar-refractivity contribution in [2.24, 2.45) is 23.7 Å². The molecule has 2 aliphatic carbocycles. The van der Waals surface area contributed by atoms with E-state index in [2.05, 4.69) is 6.92 Å². The van der Waals surface area contributed by atoms with Crippen molar-refractivity contribution in [3.05, 3.63) is 0 Å². The average molecular weight is 196 g/mol. The third kappa shape index (κ3) is 2.31. The molecule has 2 saturated carbocycles. The van der Waals surface area contributed by atoms with Gasteiger partial charge in [0.1, 0.15) is 0 Å². The Morgan fingerprint density at radius 2 is 1.71 bits per heavy atom.